The van der Waals surface area contributed by atoms with Crippen LogP contribution in [0, 0.1) is 0 Å². The van der Waals surface area contributed by atoms with Crippen molar-refractivity contribution < 1.29 is 17.9 Å². The molecule has 1 amide bonds. The molecule has 1 atom stereocenters. The van der Waals surface area contributed by atoms with Crippen molar-refractivity contribution in [3.63, 3.8) is 0 Å². The van der Waals surface area contributed by atoms with E-state index >= 15 is 0 Å². The van der Waals surface area contributed by atoms with Crippen molar-refractivity contribution in [2.45, 2.75) is 30.2 Å². The highest BCUT2D eigenvalue weighted by atomic mass is 32.2. The van der Waals surface area contributed by atoms with Gasteiger partial charge >= 0.3 is 0 Å². The minimum absolute atomic E-state index is 0.0395. The maximum absolute atomic E-state index is 12.3. The van der Waals surface area contributed by atoms with Crippen LogP contribution in [0.15, 0.2) is 23.1 Å². The average Bonchev–Trinajstić information content (AvgIpc) is 2.37. The Labute approximate surface area is 124 Å². The lowest BCUT2D eigenvalue weighted by molar-refractivity contribution is 0.0272. The molecule has 3 N–H and O–H groups in total. The molecular formula is C14H20N2O4S. The van der Waals surface area contributed by atoms with E-state index in [9.17, 15) is 13.2 Å². The zero-order chi connectivity index (χ0) is 15.7. The van der Waals surface area contributed by atoms with Gasteiger partial charge in [0, 0.05) is 24.1 Å². The van der Waals surface area contributed by atoms with Gasteiger partial charge in [0.15, 0.2) is 9.84 Å². The molecule has 0 saturated carbocycles. The molecule has 1 heterocycles. The predicted octanol–water partition coefficient (Wildman–Crippen LogP) is 0.971. The van der Waals surface area contributed by atoms with Gasteiger partial charge in [-0.3, -0.25) is 4.79 Å². The van der Waals surface area contributed by atoms with Crippen molar-refractivity contribution in [2.24, 2.45) is 0 Å². The maximum Gasteiger partial charge on any atom is 0.251 e. The summed E-state index contributed by atoms with van der Waals surface area (Å²) in [6.07, 6.45) is 2.78. The van der Waals surface area contributed by atoms with Gasteiger partial charge in [0.2, 0.25) is 0 Å². The Bertz CT molecular complexity index is 649. The first-order valence-electron chi connectivity index (χ1n) is 6.71. The minimum Gasteiger partial charge on any atom is -0.399 e. The second kappa shape index (κ2) is 5.65. The maximum atomic E-state index is 12.3. The zero-order valence-corrected chi connectivity index (χ0v) is 13.0. The van der Waals surface area contributed by atoms with Crippen LogP contribution < -0.4 is 11.1 Å². The van der Waals surface area contributed by atoms with Crippen LogP contribution in [-0.4, -0.2) is 39.3 Å². The summed E-state index contributed by atoms with van der Waals surface area (Å²) in [5, 5.41) is 2.90. The standard InChI is InChI=1S/C14H20N2O4S/c1-14(4-3-5-20-9-14)16-13(17)10-6-11(15)8-12(7-10)21(2,18)19/h6-8H,3-5,9,15H2,1-2H3,(H,16,17). The number of ether oxygens (including phenoxy) is 1. The number of nitrogens with two attached hydrogens (primary N) is 1. The molecule has 0 aliphatic carbocycles. The Kier molecular flexibility index (Phi) is 4.25. The average molecular weight is 312 g/mol. The van der Waals surface area contributed by atoms with Gasteiger partial charge < -0.3 is 15.8 Å². The van der Waals surface area contributed by atoms with E-state index in [4.69, 9.17) is 10.5 Å². The number of nitrogens with one attached hydrogen (secondary N) is 1. The largest absolute Gasteiger partial charge is 0.399 e. The fourth-order valence-electron chi connectivity index (χ4n) is 2.35. The van der Waals surface area contributed by atoms with Crippen molar-refractivity contribution >= 4 is 21.4 Å². The molecule has 1 aromatic rings. The molecule has 0 bridgehead atoms. The molecule has 7 heteroatoms. The van der Waals surface area contributed by atoms with E-state index in [1.165, 1.54) is 18.2 Å². The summed E-state index contributed by atoms with van der Waals surface area (Å²) in [5.41, 5.74) is 5.73. The second-order valence-electron chi connectivity index (χ2n) is 5.73. The van der Waals surface area contributed by atoms with Crippen molar-refractivity contribution in [1.29, 1.82) is 0 Å². The zero-order valence-electron chi connectivity index (χ0n) is 12.2. The van der Waals surface area contributed by atoms with Crippen molar-refractivity contribution in [3.8, 4) is 0 Å². The second-order valence-corrected chi connectivity index (χ2v) is 7.75. The summed E-state index contributed by atoms with van der Waals surface area (Å²) in [4.78, 5) is 12.4. The lowest BCUT2D eigenvalue weighted by Gasteiger charge is -2.34. The smallest absolute Gasteiger partial charge is 0.251 e. The van der Waals surface area contributed by atoms with E-state index in [0.717, 1.165) is 19.1 Å². The van der Waals surface area contributed by atoms with Gasteiger partial charge in [-0.05, 0) is 38.0 Å². The molecular weight excluding hydrogens is 292 g/mol. The van der Waals surface area contributed by atoms with Crippen LogP contribution in [0.5, 0.6) is 0 Å². The number of benzene rings is 1. The normalized spacial score (nSPS) is 22.8. The molecule has 21 heavy (non-hydrogen) atoms. The SMILES string of the molecule is CC1(NC(=O)c2cc(N)cc(S(C)(=O)=O)c2)CCCOC1. The van der Waals surface area contributed by atoms with Crippen LogP contribution in [-0.2, 0) is 14.6 Å². The summed E-state index contributed by atoms with van der Waals surface area (Å²) in [7, 11) is -3.41. The summed E-state index contributed by atoms with van der Waals surface area (Å²) in [6.45, 7) is 3.05. The molecule has 1 unspecified atom stereocenters. The van der Waals surface area contributed by atoms with Crippen molar-refractivity contribution in [1.82, 2.24) is 5.32 Å². The number of sulfone groups is 1. The Morgan fingerprint density at radius 2 is 2.10 bits per heavy atom. The number of carbonyl (C=O) groups is 1. The van der Waals surface area contributed by atoms with Crippen molar-refractivity contribution in [3.05, 3.63) is 23.8 Å². The molecule has 1 aliphatic heterocycles. The van der Waals surface area contributed by atoms with Gasteiger partial charge in [0.1, 0.15) is 0 Å². The Hall–Kier alpha value is -1.60. The summed E-state index contributed by atoms with van der Waals surface area (Å²) in [5.74, 6) is -0.347. The summed E-state index contributed by atoms with van der Waals surface area (Å²) >= 11 is 0. The van der Waals surface area contributed by atoms with E-state index in [1.54, 1.807) is 0 Å². The van der Waals surface area contributed by atoms with E-state index in [1.807, 2.05) is 6.92 Å². The third-order valence-electron chi connectivity index (χ3n) is 3.47. The molecule has 1 saturated heterocycles. The van der Waals surface area contributed by atoms with Crippen LogP contribution in [0.25, 0.3) is 0 Å². The first-order chi connectivity index (χ1) is 9.70. The molecule has 116 valence electrons. The number of anilines is 1. The quantitative estimate of drug-likeness (QED) is 0.810. The molecule has 2 rings (SSSR count). The third-order valence-corrected chi connectivity index (χ3v) is 4.56. The highest BCUT2D eigenvalue weighted by molar-refractivity contribution is 7.90. The van der Waals surface area contributed by atoms with Gasteiger partial charge in [-0.25, -0.2) is 8.42 Å². The van der Waals surface area contributed by atoms with Crippen LogP contribution in [0.4, 0.5) is 5.69 Å². The van der Waals surface area contributed by atoms with Gasteiger partial charge in [0.25, 0.3) is 5.91 Å². The number of hydrogen-bond donors (Lipinski definition) is 2. The molecule has 6 nitrogen and oxygen atoms in total. The first kappa shape index (κ1) is 15.8. The first-order valence-corrected chi connectivity index (χ1v) is 8.60. The lowest BCUT2D eigenvalue weighted by Crippen LogP contribution is -2.51. The van der Waals surface area contributed by atoms with Crippen LogP contribution >= 0.6 is 0 Å². The number of amides is 1. The topological polar surface area (TPSA) is 98.5 Å². The van der Waals surface area contributed by atoms with Gasteiger partial charge in [-0.2, -0.15) is 0 Å². The molecule has 0 spiro atoms. The number of carbonyl (C=O) groups excluding carboxylic acids is 1. The number of hydrogen-bond acceptors (Lipinski definition) is 5. The van der Waals surface area contributed by atoms with Crippen LogP contribution in [0.1, 0.15) is 30.1 Å². The number of nitrogen functional groups attached to an aromatic ring is 1. The molecule has 0 radical (unpaired) electrons. The van der Waals surface area contributed by atoms with Crippen LogP contribution in [0.2, 0.25) is 0 Å². The molecule has 1 aliphatic rings. The lowest BCUT2D eigenvalue weighted by atomic mass is 9.94. The van der Waals surface area contributed by atoms with Gasteiger partial charge in [-0.15, -0.1) is 0 Å². The molecule has 1 aromatic carbocycles. The fourth-order valence-corrected chi connectivity index (χ4v) is 3.04. The van der Waals surface area contributed by atoms with Gasteiger partial charge in [-0.1, -0.05) is 0 Å². The fraction of sp³-hybridized carbons (Fsp3) is 0.500. The van der Waals surface area contributed by atoms with Crippen molar-refractivity contribution in [2.75, 3.05) is 25.2 Å². The summed E-state index contributed by atoms with van der Waals surface area (Å²) < 4.78 is 28.6. The minimum atomic E-state index is -3.41. The van der Waals surface area contributed by atoms with E-state index in [0.29, 0.717) is 13.2 Å². The monoisotopic (exact) mass is 312 g/mol. The van der Waals surface area contributed by atoms with E-state index in [2.05, 4.69) is 5.32 Å². The highest BCUT2D eigenvalue weighted by Crippen LogP contribution is 2.21. The Morgan fingerprint density at radius 3 is 2.67 bits per heavy atom. The predicted molar refractivity (Wildman–Crippen MR) is 79.9 cm³/mol. The van der Waals surface area contributed by atoms with E-state index < -0.39 is 15.4 Å². The highest BCUT2D eigenvalue weighted by Gasteiger charge is 2.29. The molecule has 1 fully saturated rings. The van der Waals surface area contributed by atoms with E-state index in [-0.39, 0.29) is 22.1 Å². The van der Waals surface area contributed by atoms with Crippen LogP contribution in [0.3, 0.4) is 0 Å². The summed E-state index contributed by atoms with van der Waals surface area (Å²) in [6, 6.07) is 4.16. The third kappa shape index (κ3) is 3.95. The number of rotatable bonds is 3. The Balaban J connectivity index is 2.25. The molecule has 0 aromatic heterocycles. The van der Waals surface area contributed by atoms with Gasteiger partial charge in [0.05, 0.1) is 17.0 Å². The Morgan fingerprint density at radius 1 is 1.38 bits per heavy atom.